The first-order chi connectivity index (χ1) is 9.16. The molecule has 0 aliphatic carbocycles. The SMILES string of the molecule is CC(C)Oc1ncnc(NCc2cccnc2)c1N. The van der Waals surface area contributed by atoms with E-state index in [4.69, 9.17) is 10.5 Å². The van der Waals surface area contributed by atoms with Crippen LogP contribution >= 0.6 is 0 Å². The third kappa shape index (κ3) is 3.54. The van der Waals surface area contributed by atoms with Gasteiger partial charge in [0.25, 0.3) is 0 Å². The minimum atomic E-state index is 0.0170. The van der Waals surface area contributed by atoms with E-state index in [1.807, 2.05) is 26.0 Å². The molecule has 0 bridgehead atoms. The molecule has 0 unspecified atom stereocenters. The van der Waals surface area contributed by atoms with Gasteiger partial charge < -0.3 is 15.8 Å². The molecule has 0 aliphatic heterocycles. The Bertz CT molecular complexity index is 530. The number of nitrogen functional groups attached to an aromatic ring is 1. The predicted molar refractivity (Wildman–Crippen MR) is 73.8 cm³/mol. The van der Waals surface area contributed by atoms with Crippen molar-refractivity contribution in [1.82, 2.24) is 15.0 Å². The molecule has 2 rings (SSSR count). The highest BCUT2D eigenvalue weighted by molar-refractivity contribution is 5.66. The quantitative estimate of drug-likeness (QED) is 0.852. The van der Waals surface area contributed by atoms with E-state index < -0.39 is 0 Å². The number of aromatic nitrogens is 3. The predicted octanol–water partition coefficient (Wildman–Crippen LogP) is 1.85. The molecule has 0 aromatic carbocycles. The summed E-state index contributed by atoms with van der Waals surface area (Å²) in [6.07, 6.45) is 4.97. The van der Waals surface area contributed by atoms with Gasteiger partial charge >= 0.3 is 0 Å². The molecule has 2 aromatic heterocycles. The molecule has 0 saturated carbocycles. The van der Waals surface area contributed by atoms with Crippen LogP contribution in [0.15, 0.2) is 30.9 Å². The third-order valence-corrected chi connectivity index (χ3v) is 2.38. The van der Waals surface area contributed by atoms with Crippen molar-refractivity contribution in [2.24, 2.45) is 0 Å². The van der Waals surface area contributed by atoms with Crippen molar-refractivity contribution in [2.45, 2.75) is 26.5 Å². The number of nitrogens with one attached hydrogen (secondary N) is 1. The van der Waals surface area contributed by atoms with E-state index in [-0.39, 0.29) is 6.10 Å². The van der Waals surface area contributed by atoms with Crippen molar-refractivity contribution in [2.75, 3.05) is 11.1 Å². The van der Waals surface area contributed by atoms with E-state index in [0.717, 1.165) is 5.56 Å². The summed E-state index contributed by atoms with van der Waals surface area (Å²) in [5.74, 6) is 0.966. The van der Waals surface area contributed by atoms with Gasteiger partial charge in [0.2, 0.25) is 5.88 Å². The Balaban J connectivity index is 2.08. The number of hydrogen-bond acceptors (Lipinski definition) is 6. The van der Waals surface area contributed by atoms with Gasteiger partial charge in [-0.2, -0.15) is 4.98 Å². The molecule has 0 atom stereocenters. The highest BCUT2D eigenvalue weighted by atomic mass is 16.5. The normalized spacial score (nSPS) is 10.5. The molecular weight excluding hydrogens is 242 g/mol. The zero-order chi connectivity index (χ0) is 13.7. The van der Waals surface area contributed by atoms with Gasteiger partial charge in [0.1, 0.15) is 12.0 Å². The lowest BCUT2D eigenvalue weighted by Gasteiger charge is -2.13. The van der Waals surface area contributed by atoms with Crippen LogP contribution in [0.3, 0.4) is 0 Å². The van der Waals surface area contributed by atoms with E-state index in [1.54, 1.807) is 12.4 Å². The summed E-state index contributed by atoms with van der Waals surface area (Å²) < 4.78 is 5.51. The first-order valence-electron chi connectivity index (χ1n) is 6.06. The van der Waals surface area contributed by atoms with Gasteiger partial charge in [0.15, 0.2) is 5.82 Å². The van der Waals surface area contributed by atoms with E-state index in [1.165, 1.54) is 6.33 Å². The molecule has 3 N–H and O–H groups in total. The second kappa shape index (κ2) is 5.99. The maximum absolute atomic E-state index is 5.97. The Morgan fingerprint density at radius 1 is 1.37 bits per heavy atom. The molecule has 0 amide bonds. The first-order valence-corrected chi connectivity index (χ1v) is 6.06. The average Bonchev–Trinajstić information content (AvgIpc) is 2.40. The Kier molecular flexibility index (Phi) is 4.12. The number of nitrogens with zero attached hydrogens (tertiary/aromatic N) is 3. The van der Waals surface area contributed by atoms with Crippen molar-refractivity contribution < 1.29 is 4.74 Å². The van der Waals surface area contributed by atoms with Gasteiger partial charge in [-0.25, -0.2) is 4.98 Å². The Morgan fingerprint density at radius 3 is 2.89 bits per heavy atom. The molecule has 0 aliphatic rings. The van der Waals surface area contributed by atoms with Gasteiger partial charge in [-0.3, -0.25) is 4.98 Å². The molecule has 2 aromatic rings. The van der Waals surface area contributed by atoms with Crippen molar-refractivity contribution in [3.8, 4) is 5.88 Å². The number of nitrogens with two attached hydrogens (primary N) is 1. The molecule has 6 heteroatoms. The summed E-state index contributed by atoms with van der Waals surface area (Å²) in [6.45, 7) is 4.44. The van der Waals surface area contributed by atoms with E-state index in [2.05, 4.69) is 20.3 Å². The standard InChI is InChI=1S/C13H17N5O/c1-9(2)19-13-11(14)12(17-8-18-13)16-7-10-4-3-5-15-6-10/h3-6,8-9H,7,14H2,1-2H3,(H,16,17,18). The second-order valence-electron chi connectivity index (χ2n) is 4.32. The van der Waals surface area contributed by atoms with Crippen LogP contribution in [0.2, 0.25) is 0 Å². The Morgan fingerprint density at radius 2 is 2.21 bits per heavy atom. The molecule has 6 nitrogen and oxygen atoms in total. The van der Waals surface area contributed by atoms with Crippen molar-refractivity contribution in [3.05, 3.63) is 36.4 Å². The third-order valence-electron chi connectivity index (χ3n) is 2.38. The van der Waals surface area contributed by atoms with Gasteiger partial charge in [-0.1, -0.05) is 6.07 Å². The smallest absolute Gasteiger partial charge is 0.242 e. The van der Waals surface area contributed by atoms with Crippen molar-refractivity contribution in [1.29, 1.82) is 0 Å². The number of ether oxygens (including phenoxy) is 1. The molecule has 100 valence electrons. The average molecular weight is 259 g/mol. The molecule has 2 heterocycles. The van der Waals surface area contributed by atoms with Gasteiger partial charge in [0.05, 0.1) is 6.10 Å². The van der Waals surface area contributed by atoms with E-state index in [0.29, 0.717) is 23.9 Å². The fourth-order valence-corrected chi connectivity index (χ4v) is 1.53. The van der Waals surface area contributed by atoms with Crippen LogP contribution < -0.4 is 15.8 Å². The largest absolute Gasteiger partial charge is 0.473 e. The molecule has 0 spiro atoms. The van der Waals surface area contributed by atoms with Gasteiger partial charge in [-0.15, -0.1) is 0 Å². The maximum Gasteiger partial charge on any atom is 0.242 e. The van der Waals surface area contributed by atoms with Crippen LogP contribution in [-0.4, -0.2) is 21.1 Å². The summed E-state index contributed by atoms with van der Waals surface area (Å²) in [5.41, 5.74) is 7.43. The van der Waals surface area contributed by atoms with Crippen molar-refractivity contribution in [3.63, 3.8) is 0 Å². The summed E-state index contributed by atoms with van der Waals surface area (Å²) in [6, 6.07) is 3.86. The number of pyridine rings is 1. The molecule has 0 saturated heterocycles. The lowest BCUT2D eigenvalue weighted by Crippen LogP contribution is -2.12. The maximum atomic E-state index is 5.97. The Hall–Kier alpha value is -2.37. The van der Waals surface area contributed by atoms with Gasteiger partial charge in [0, 0.05) is 18.9 Å². The van der Waals surface area contributed by atoms with Crippen molar-refractivity contribution >= 4 is 11.5 Å². The van der Waals surface area contributed by atoms with Crippen LogP contribution in [0, 0.1) is 0 Å². The molecule has 19 heavy (non-hydrogen) atoms. The monoisotopic (exact) mass is 259 g/mol. The van der Waals surface area contributed by atoms with Gasteiger partial charge in [-0.05, 0) is 25.5 Å². The minimum Gasteiger partial charge on any atom is -0.473 e. The van der Waals surface area contributed by atoms with Crippen LogP contribution in [-0.2, 0) is 6.54 Å². The summed E-state index contributed by atoms with van der Waals surface area (Å²) >= 11 is 0. The first kappa shape index (κ1) is 13.1. The topological polar surface area (TPSA) is 86.0 Å². The molecule has 0 radical (unpaired) electrons. The fourth-order valence-electron chi connectivity index (χ4n) is 1.53. The van der Waals surface area contributed by atoms with Crippen LogP contribution in [0.25, 0.3) is 0 Å². The number of hydrogen-bond donors (Lipinski definition) is 2. The zero-order valence-corrected chi connectivity index (χ0v) is 11.0. The van der Waals surface area contributed by atoms with Crippen LogP contribution in [0.1, 0.15) is 19.4 Å². The number of rotatable bonds is 5. The fraction of sp³-hybridized carbons (Fsp3) is 0.308. The Labute approximate surface area is 112 Å². The summed E-state index contributed by atoms with van der Waals surface area (Å²) in [5, 5.41) is 3.15. The lowest BCUT2D eigenvalue weighted by atomic mass is 10.3. The van der Waals surface area contributed by atoms with E-state index >= 15 is 0 Å². The minimum absolute atomic E-state index is 0.0170. The highest BCUT2D eigenvalue weighted by Gasteiger charge is 2.10. The van der Waals surface area contributed by atoms with E-state index in [9.17, 15) is 0 Å². The lowest BCUT2D eigenvalue weighted by molar-refractivity contribution is 0.234. The summed E-state index contributed by atoms with van der Waals surface area (Å²) in [4.78, 5) is 12.2. The molecular formula is C13H17N5O. The number of anilines is 2. The zero-order valence-electron chi connectivity index (χ0n) is 11.0. The van der Waals surface area contributed by atoms with Crippen LogP contribution in [0.4, 0.5) is 11.5 Å². The highest BCUT2D eigenvalue weighted by Crippen LogP contribution is 2.25. The summed E-state index contributed by atoms with van der Waals surface area (Å²) in [7, 11) is 0. The van der Waals surface area contributed by atoms with Crippen LogP contribution in [0.5, 0.6) is 5.88 Å². The molecule has 0 fully saturated rings. The second-order valence-corrected chi connectivity index (χ2v) is 4.32.